The fourth-order valence-corrected chi connectivity index (χ4v) is 2.56. The summed E-state index contributed by atoms with van der Waals surface area (Å²) >= 11 is 0. The van der Waals surface area contributed by atoms with Crippen LogP contribution in [0.1, 0.15) is 21.6 Å². The number of hydrogen-bond donors (Lipinski definition) is 1. The Balaban J connectivity index is 1.92. The molecule has 0 aliphatic carbocycles. The van der Waals surface area contributed by atoms with Crippen molar-refractivity contribution in [1.82, 2.24) is 4.57 Å². The minimum absolute atomic E-state index is 0.0234. The van der Waals surface area contributed by atoms with Gasteiger partial charge in [-0.05, 0) is 48.9 Å². The van der Waals surface area contributed by atoms with Crippen molar-refractivity contribution in [3.63, 3.8) is 0 Å². The molecule has 0 bridgehead atoms. The molecule has 0 radical (unpaired) electrons. The number of carboxylic acids is 1. The second-order valence-corrected chi connectivity index (χ2v) is 5.64. The summed E-state index contributed by atoms with van der Waals surface area (Å²) in [6, 6.07) is 14.8. The zero-order valence-corrected chi connectivity index (χ0v) is 13.9. The molecule has 3 aromatic rings. The Morgan fingerprint density at radius 2 is 2.00 bits per heavy atom. The van der Waals surface area contributed by atoms with Crippen molar-refractivity contribution in [3.05, 3.63) is 87.7 Å². The molecule has 3 rings (SSSR count). The first-order valence-corrected chi connectivity index (χ1v) is 7.76. The summed E-state index contributed by atoms with van der Waals surface area (Å²) in [5.41, 5.74) is 3.01. The maximum atomic E-state index is 11.1. The van der Waals surface area contributed by atoms with Crippen LogP contribution in [0.3, 0.4) is 0 Å². The van der Waals surface area contributed by atoms with Crippen molar-refractivity contribution in [2.45, 2.75) is 6.92 Å². The number of hydrogen-bond acceptors (Lipinski definition) is 4. The number of carboxylic acid groups (broad SMARTS) is 1. The molecule has 1 N–H and O–H groups in total. The van der Waals surface area contributed by atoms with E-state index < -0.39 is 10.9 Å². The van der Waals surface area contributed by atoms with Crippen LogP contribution < -0.4 is 0 Å². The summed E-state index contributed by atoms with van der Waals surface area (Å²) in [5.74, 6) is -0.990. The summed E-state index contributed by atoms with van der Waals surface area (Å²) in [6.45, 7) is 1.76. The van der Waals surface area contributed by atoms with Gasteiger partial charge in [-0.1, -0.05) is 6.07 Å². The van der Waals surface area contributed by atoms with Gasteiger partial charge in [0.2, 0.25) is 0 Å². The van der Waals surface area contributed by atoms with Crippen LogP contribution in [0.25, 0.3) is 5.69 Å². The maximum absolute atomic E-state index is 11.1. The lowest BCUT2D eigenvalue weighted by Crippen LogP contribution is -2.01. The highest BCUT2D eigenvalue weighted by molar-refractivity contribution is 5.88. The predicted molar refractivity (Wildman–Crippen MR) is 97.8 cm³/mol. The van der Waals surface area contributed by atoms with E-state index in [-0.39, 0.29) is 11.3 Å². The molecule has 130 valence electrons. The summed E-state index contributed by atoms with van der Waals surface area (Å²) < 4.78 is 1.82. The summed E-state index contributed by atoms with van der Waals surface area (Å²) in [6.07, 6.45) is 3.45. The molecule has 26 heavy (non-hydrogen) atoms. The summed E-state index contributed by atoms with van der Waals surface area (Å²) in [5, 5.41) is 19.9. The molecule has 0 aliphatic rings. The highest BCUT2D eigenvalue weighted by Gasteiger charge is 2.08. The average Bonchev–Trinajstić information content (AvgIpc) is 3.09. The zero-order valence-electron chi connectivity index (χ0n) is 13.9. The third kappa shape index (κ3) is 3.51. The van der Waals surface area contributed by atoms with Gasteiger partial charge in [0.25, 0.3) is 5.69 Å². The molecule has 2 aromatic carbocycles. The standard InChI is InChI=1S/C19H15N3O4/c1-13-10-16(22(25)26)7-8-18(13)20-12-17-6-3-9-21(17)15-5-2-4-14(11-15)19(23)24/h2-12H,1H3,(H,23,24). The van der Waals surface area contributed by atoms with Crippen molar-refractivity contribution in [2.24, 2.45) is 4.99 Å². The highest BCUT2D eigenvalue weighted by atomic mass is 16.6. The number of nitro benzene ring substituents is 1. The van der Waals surface area contributed by atoms with Gasteiger partial charge in [0.1, 0.15) is 0 Å². The smallest absolute Gasteiger partial charge is 0.335 e. The van der Waals surface area contributed by atoms with Crippen LogP contribution in [0.15, 0.2) is 65.8 Å². The largest absolute Gasteiger partial charge is 0.478 e. The lowest BCUT2D eigenvalue weighted by molar-refractivity contribution is -0.384. The molecule has 0 fully saturated rings. The van der Waals surface area contributed by atoms with Gasteiger partial charge in [-0.25, -0.2) is 4.79 Å². The van der Waals surface area contributed by atoms with Crippen LogP contribution in [0.4, 0.5) is 11.4 Å². The Bertz CT molecular complexity index is 1020. The molecule has 0 amide bonds. The van der Waals surface area contributed by atoms with E-state index in [1.807, 2.05) is 22.9 Å². The molecule has 0 atom stereocenters. The van der Waals surface area contributed by atoms with E-state index in [1.54, 1.807) is 37.4 Å². The van der Waals surface area contributed by atoms with E-state index in [9.17, 15) is 14.9 Å². The van der Waals surface area contributed by atoms with Crippen LogP contribution in [-0.2, 0) is 0 Å². The Kier molecular flexibility index (Phi) is 4.62. The number of benzene rings is 2. The minimum Gasteiger partial charge on any atom is -0.478 e. The van der Waals surface area contributed by atoms with Gasteiger partial charge < -0.3 is 9.67 Å². The lowest BCUT2D eigenvalue weighted by Gasteiger charge is -2.07. The van der Waals surface area contributed by atoms with Crippen molar-refractivity contribution < 1.29 is 14.8 Å². The van der Waals surface area contributed by atoms with Gasteiger partial charge in [0, 0.05) is 24.0 Å². The number of aryl methyl sites for hydroxylation is 1. The van der Waals surface area contributed by atoms with Gasteiger partial charge in [0.05, 0.1) is 28.1 Å². The van der Waals surface area contributed by atoms with Gasteiger partial charge in [-0.2, -0.15) is 0 Å². The SMILES string of the molecule is Cc1cc([N+](=O)[O-])ccc1N=Cc1cccn1-c1cccc(C(=O)O)c1. The number of carbonyl (C=O) groups is 1. The molecular weight excluding hydrogens is 334 g/mol. The predicted octanol–water partition coefficient (Wildman–Crippen LogP) is 4.14. The van der Waals surface area contributed by atoms with Crippen LogP contribution in [0.2, 0.25) is 0 Å². The second-order valence-electron chi connectivity index (χ2n) is 5.64. The molecule has 7 heteroatoms. The molecular formula is C19H15N3O4. The van der Waals surface area contributed by atoms with Crippen molar-refractivity contribution in [2.75, 3.05) is 0 Å². The third-order valence-corrected chi connectivity index (χ3v) is 3.88. The van der Waals surface area contributed by atoms with Crippen LogP contribution in [0.5, 0.6) is 0 Å². The quantitative estimate of drug-likeness (QED) is 0.425. The van der Waals surface area contributed by atoms with E-state index in [0.717, 1.165) is 5.69 Å². The molecule has 0 saturated carbocycles. The van der Waals surface area contributed by atoms with Gasteiger partial charge in [0.15, 0.2) is 0 Å². The summed E-state index contributed by atoms with van der Waals surface area (Å²) in [7, 11) is 0. The van der Waals surface area contributed by atoms with Crippen molar-refractivity contribution in [3.8, 4) is 5.69 Å². The van der Waals surface area contributed by atoms with E-state index in [2.05, 4.69) is 4.99 Å². The first-order valence-electron chi connectivity index (χ1n) is 7.76. The number of rotatable bonds is 5. The Morgan fingerprint density at radius 1 is 1.19 bits per heavy atom. The second kappa shape index (κ2) is 7.02. The number of nitro groups is 1. The Morgan fingerprint density at radius 3 is 2.69 bits per heavy atom. The van der Waals surface area contributed by atoms with Gasteiger partial charge in [-0.15, -0.1) is 0 Å². The first kappa shape index (κ1) is 17.1. The van der Waals surface area contributed by atoms with Gasteiger partial charge >= 0.3 is 5.97 Å². The molecule has 7 nitrogen and oxygen atoms in total. The Hall–Kier alpha value is -3.74. The molecule has 0 saturated heterocycles. The molecule has 1 aromatic heterocycles. The summed E-state index contributed by atoms with van der Waals surface area (Å²) in [4.78, 5) is 25.9. The fraction of sp³-hybridized carbons (Fsp3) is 0.0526. The number of aromatic nitrogens is 1. The van der Waals surface area contributed by atoms with E-state index in [1.165, 1.54) is 18.2 Å². The average molecular weight is 349 g/mol. The molecule has 0 spiro atoms. The Labute approximate surface area is 149 Å². The van der Waals surface area contributed by atoms with E-state index >= 15 is 0 Å². The number of aliphatic imine (C=N–C) groups is 1. The number of nitrogens with zero attached hydrogens (tertiary/aromatic N) is 3. The number of aromatic carboxylic acids is 1. The maximum Gasteiger partial charge on any atom is 0.335 e. The normalized spacial score (nSPS) is 11.0. The van der Waals surface area contributed by atoms with Crippen LogP contribution in [0, 0.1) is 17.0 Å². The van der Waals surface area contributed by atoms with Gasteiger partial charge in [-0.3, -0.25) is 15.1 Å². The zero-order chi connectivity index (χ0) is 18.7. The topological polar surface area (TPSA) is 97.7 Å². The number of non-ortho nitro benzene ring substituents is 1. The molecule has 0 aliphatic heterocycles. The van der Waals surface area contributed by atoms with E-state index in [4.69, 9.17) is 5.11 Å². The minimum atomic E-state index is -0.990. The molecule has 0 unspecified atom stereocenters. The lowest BCUT2D eigenvalue weighted by atomic mass is 10.2. The van der Waals surface area contributed by atoms with Crippen molar-refractivity contribution in [1.29, 1.82) is 0 Å². The third-order valence-electron chi connectivity index (χ3n) is 3.88. The fourth-order valence-electron chi connectivity index (χ4n) is 2.56. The first-order chi connectivity index (χ1) is 12.5. The van der Waals surface area contributed by atoms with Crippen LogP contribution >= 0.6 is 0 Å². The van der Waals surface area contributed by atoms with E-state index in [0.29, 0.717) is 16.9 Å². The van der Waals surface area contributed by atoms with Crippen molar-refractivity contribution >= 4 is 23.6 Å². The molecule has 1 heterocycles. The monoisotopic (exact) mass is 349 g/mol. The van der Waals surface area contributed by atoms with Crippen LogP contribution in [-0.4, -0.2) is 26.8 Å². The highest BCUT2D eigenvalue weighted by Crippen LogP contribution is 2.24.